The molecule has 1 fully saturated rings. The summed E-state index contributed by atoms with van der Waals surface area (Å²) < 4.78 is 12.9. The summed E-state index contributed by atoms with van der Waals surface area (Å²) in [5.41, 5.74) is 9.61. The minimum Gasteiger partial charge on any atom is -0.398 e. The molecular weight excluding hydrogens is 235 g/mol. The van der Waals surface area contributed by atoms with Gasteiger partial charge in [-0.05, 0) is 25.0 Å². The van der Waals surface area contributed by atoms with E-state index in [0.717, 1.165) is 27.5 Å². The summed E-state index contributed by atoms with van der Waals surface area (Å²) in [5.74, 6) is 0.0304. The predicted octanol–water partition coefficient (Wildman–Crippen LogP) is 3.53. The second-order valence-corrected chi connectivity index (χ2v) is 5.37. The molecule has 1 aliphatic rings. The molecule has 17 heavy (non-hydrogen) atoms. The molecule has 0 saturated heterocycles. The molecule has 4 heteroatoms. The Morgan fingerprint density at radius 1 is 1.47 bits per heavy atom. The maximum absolute atomic E-state index is 12.9. The van der Waals surface area contributed by atoms with E-state index in [2.05, 4.69) is 4.98 Å². The van der Waals surface area contributed by atoms with Gasteiger partial charge in [-0.25, -0.2) is 9.37 Å². The number of halogens is 1. The first-order chi connectivity index (χ1) is 8.15. The van der Waals surface area contributed by atoms with Crippen LogP contribution in [0.3, 0.4) is 0 Å². The maximum atomic E-state index is 12.9. The highest BCUT2D eigenvalue weighted by atomic mass is 32.1. The third-order valence-electron chi connectivity index (χ3n) is 3.14. The lowest BCUT2D eigenvalue weighted by Crippen LogP contribution is -1.90. The lowest BCUT2D eigenvalue weighted by molar-refractivity contribution is 0.467. The Labute approximate surface area is 103 Å². The summed E-state index contributed by atoms with van der Waals surface area (Å²) >= 11 is 1.55. The summed E-state index contributed by atoms with van der Waals surface area (Å²) in [6, 6.07) is 5.92. The van der Waals surface area contributed by atoms with Gasteiger partial charge in [0, 0.05) is 22.5 Å². The molecule has 2 aromatic rings. The molecule has 0 amide bonds. The van der Waals surface area contributed by atoms with Crippen molar-refractivity contribution in [3.05, 3.63) is 34.8 Å². The van der Waals surface area contributed by atoms with Gasteiger partial charge in [0.05, 0.1) is 5.69 Å². The third kappa shape index (κ3) is 1.93. The largest absolute Gasteiger partial charge is 0.398 e. The topological polar surface area (TPSA) is 38.9 Å². The van der Waals surface area contributed by atoms with Crippen LogP contribution < -0.4 is 5.73 Å². The Kier molecular flexibility index (Phi) is 2.40. The minimum atomic E-state index is -0.687. The molecule has 2 N–H and O–H groups in total. The highest BCUT2D eigenvalue weighted by Gasteiger charge is 2.40. The molecule has 88 valence electrons. The van der Waals surface area contributed by atoms with Gasteiger partial charge in [-0.15, -0.1) is 11.3 Å². The van der Waals surface area contributed by atoms with Crippen LogP contribution in [0.15, 0.2) is 23.6 Å². The van der Waals surface area contributed by atoms with Crippen LogP contribution in [0.4, 0.5) is 10.1 Å². The van der Waals surface area contributed by atoms with Gasteiger partial charge in [0.1, 0.15) is 11.2 Å². The smallest absolute Gasteiger partial charge is 0.123 e. The zero-order chi connectivity index (χ0) is 12.0. The number of nitrogens with two attached hydrogens (primary N) is 1. The minimum absolute atomic E-state index is 0.0304. The van der Waals surface area contributed by atoms with Crippen molar-refractivity contribution in [1.29, 1.82) is 0 Å². The zero-order valence-corrected chi connectivity index (χ0v) is 10.3. The average molecular weight is 248 g/mol. The van der Waals surface area contributed by atoms with Crippen LogP contribution in [0.2, 0.25) is 0 Å². The van der Waals surface area contributed by atoms with Gasteiger partial charge in [-0.3, -0.25) is 0 Å². The van der Waals surface area contributed by atoms with Crippen LogP contribution in [0.25, 0.3) is 10.6 Å². The summed E-state index contributed by atoms with van der Waals surface area (Å²) in [5, 5.41) is 2.88. The Hall–Kier alpha value is -1.42. The third-order valence-corrected chi connectivity index (χ3v) is 4.05. The number of benzene rings is 1. The lowest BCUT2D eigenvalue weighted by atomic mass is 10.1. The number of nitrogens with zero attached hydrogens (tertiary/aromatic N) is 1. The molecule has 2 nitrogen and oxygen atoms in total. The van der Waals surface area contributed by atoms with Crippen molar-refractivity contribution < 1.29 is 4.39 Å². The van der Waals surface area contributed by atoms with Crippen molar-refractivity contribution >= 4 is 17.0 Å². The van der Waals surface area contributed by atoms with E-state index in [-0.39, 0.29) is 5.92 Å². The number of rotatable bonds is 2. The van der Waals surface area contributed by atoms with Crippen LogP contribution in [0, 0.1) is 6.92 Å². The van der Waals surface area contributed by atoms with E-state index in [0.29, 0.717) is 6.42 Å². The van der Waals surface area contributed by atoms with E-state index in [9.17, 15) is 4.39 Å². The van der Waals surface area contributed by atoms with Gasteiger partial charge in [-0.2, -0.15) is 0 Å². The molecular formula is C13H13FN2S. The molecule has 0 spiro atoms. The Morgan fingerprint density at radius 3 is 2.88 bits per heavy atom. The number of nitrogen functional groups attached to an aromatic ring is 1. The number of aryl methyl sites for hydroxylation is 1. The highest BCUT2D eigenvalue weighted by Crippen LogP contribution is 2.44. The number of thiazole rings is 1. The number of anilines is 1. The Morgan fingerprint density at radius 2 is 2.24 bits per heavy atom. The molecule has 3 rings (SSSR count). The molecule has 0 radical (unpaired) electrons. The van der Waals surface area contributed by atoms with Gasteiger partial charge in [0.15, 0.2) is 0 Å². The van der Waals surface area contributed by atoms with Crippen LogP contribution in [0.1, 0.15) is 23.6 Å². The molecule has 1 aliphatic carbocycles. The van der Waals surface area contributed by atoms with Crippen LogP contribution in [-0.2, 0) is 0 Å². The van der Waals surface area contributed by atoms with Gasteiger partial charge >= 0.3 is 0 Å². The van der Waals surface area contributed by atoms with E-state index in [1.54, 1.807) is 11.3 Å². The number of hydrogen-bond acceptors (Lipinski definition) is 3. The van der Waals surface area contributed by atoms with Crippen molar-refractivity contribution in [2.75, 3.05) is 5.73 Å². The molecule has 1 aromatic carbocycles. The van der Waals surface area contributed by atoms with Gasteiger partial charge in [0.25, 0.3) is 0 Å². The van der Waals surface area contributed by atoms with Gasteiger partial charge in [0.2, 0.25) is 0 Å². The Bertz CT molecular complexity index is 564. The molecule has 0 aliphatic heterocycles. The second-order valence-electron chi connectivity index (χ2n) is 4.51. The SMILES string of the molecule is Cc1ccc(-c2nc([C@H]3C[C@@H]3F)cs2)cc1N. The van der Waals surface area contributed by atoms with Gasteiger partial charge in [-0.1, -0.05) is 12.1 Å². The first kappa shape index (κ1) is 10.7. The monoisotopic (exact) mass is 248 g/mol. The van der Waals surface area contributed by atoms with E-state index in [4.69, 9.17) is 5.73 Å². The maximum Gasteiger partial charge on any atom is 0.123 e. The predicted molar refractivity (Wildman–Crippen MR) is 69.0 cm³/mol. The summed E-state index contributed by atoms with van der Waals surface area (Å²) in [4.78, 5) is 4.49. The summed E-state index contributed by atoms with van der Waals surface area (Å²) in [6.45, 7) is 1.98. The van der Waals surface area contributed by atoms with E-state index in [1.807, 2.05) is 30.5 Å². The van der Waals surface area contributed by atoms with Gasteiger partial charge < -0.3 is 5.73 Å². The fourth-order valence-corrected chi connectivity index (χ4v) is 2.71. The van der Waals surface area contributed by atoms with E-state index >= 15 is 0 Å². The quantitative estimate of drug-likeness (QED) is 0.826. The molecule has 1 saturated carbocycles. The van der Waals surface area contributed by atoms with Crippen LogP contribution in [0.5, 0.6) is 0 Å². The van der Waals surface area contributed by atoms with Crippen molar-refractivity contribution in [1.82, 2.24) is 4.98 Å². The lowest BCUT2D eigenvalue weighted by Gasteiger charge is -2.01. The van der Waals surface area contributed by atoms with Crippen molar-refractivity contribution in [2.45, 2.75) is 25.4 Å². The Balaban J connectivity index is 1.92. The molecule has 0 bridgehead atoms. The first-order valence-electron chi connectivity index (χ1n) is 5.61. The molecule has 0 unspecified atom stereocenters. The van der Waals surface area contributed by atoms with Crippen molar-refractivity contribution in [3.8, 4) is 10.6 Å². The molecule has 2 atom stereocenters. The molecule has 1 heterocycles. The standard InChI is InChI=1S/C13H13FN2S/c1-7-2-3-8(4-11(7)15)13-16-12(6-17-13)9-5-10(9)14/h2-4,6,9-10H,5,15H2,1H3/t9-,10-/m0/s1. The number of aromatic nitrogens is 1. The van der Waals surface area contributed by atoms with Crippen LogP contribution >= 0.6 is 11.3 Å². The van der Waals surface area contributed by atoms with E-state index in [1.165, 1.54) is 0 Å². The second kappa shape index (κ2) is 3.81. The van der Waals surface area contributed by atoms with Crippen molar-refractivity contribution in [3.63, 3.8) is 0 Å². The van der Waals surface area contributed by atoms with E-state index < -0.39 is 6.17 Å². The highest BCUT2D eigenvalue weighted by molar-refractivity contribution is 7.13. The zero-order valence-electron chi connectivity index (χ0n) is 9.48. The molecule has 1 aromatic heterocycles. The summed E-state index contributed by atoms with van der Waals surface area (Å²) in [7, 11) is 0. The normalized spacial score (nSPS) is 22.7. The van der Waals surface area contributed by atoms with Crippen LogP contribution in [-0.4, -0.2) is 11.2 Å². The van der Waals surface area contributed by atoms with Crippen molar-refractivity contribution in [2.24, 2.45) is 0 Å². The summed E-state index contributed by atoms with van der Waals surface area (Å²) in [6.07, 6.45) is -0.0628. The fourth-order valence-electron chi connectivity index (χ4n) is 1.83. The number of alkyl halides is 1. The average Bonchev–Trinajstić information content (AvgIpc) is 2.86. The number of hydrogen-bond donors (Lipinski definition) is 1. The fraction of sp³-hybridized carbons (Fsp3) is 0.308. The first-order valence-corrected chi connectivity index (χ1v) is 6.49.